The minimum absolute atomic E-state index is 0.00641. The molecule has 230 valence electrons. The predicted octanol–water partition coefficient (Wildman–Crippen LogP) is 3.91. The molecule has 0 radical (unpaired) electrons. The molecule has 10 nitrogen and oxygen atoms in total. The van der Waals surface area contributed by atoms with Crippen molar-refractivity contribution in [2.24, 2.45) is 0 Å². The Morgan fingerprint density at radius 1 is 1.02 bits per heavy atom. The molecule has 5 rings (SSSR count). The Kier molecular flexibility index (Phi) is 11.0. The fourth-order valence-corrected chi connectivity index (χ4v) is 4.72. The second-order valence-corrected chi connectivity index (χ2v) is 10.3. The standard InChI is InChI=1S/C21H22ClF3N6O4.C6H4ClF/c22-12-5-11(6-13(23)7-12)19(32)29-17-14-8-26-20(33)15(10-30-1-3-35-4-2-30)31(14)18(28-17)21(34)27-9-16(24)25;7-5-1-3-6(8)4-2-5/h5-7,15-16H,1-4,8-10H2,(H,26,33)(H,27,34)(H,29,32);1-4H. The lowest BCUT2D eigenvalue weighted by Gasteiger charge is -2.33. The number of aromatic nitrogens is 2. The van der Waals surface area contributed by atoms with Crippen LogP contribution < -0.4 is 16.0 Å². The van der Waals surface area contributed by atoms with E-state index in [0.29, 0.717) is 37.0 Å². The second kappa shape index (κ2) is 14.6. The van der Waals surface area contributed by atoms with Crippen molar-refractivity contribution < 1.29 is 36.7 Å². The van der Waals surface area contributed by atoms with Crippen molar-refractivity contribution >= 4 is 46.7 Å². The van der Waals surface area contributed by atoms with Crippen LogP contribution in [0, 0.1) is 11.6 Å². The average molecular weight is 645 g/mol. The number of carbonyl (C=O) groups is 3. The van der Waals surface area contributed by atoms with Crippen LogP contribution in [0.25, 0.3) is 0 Å². The summed E-state index contributed by atoms with van der Waals surface area (Å²) >= 11 is 11.3. The van der Waals surface area contributed by atoms with Crippen LogP contribution in [-0.2, 0) is 16.1 Å². The lowest BCUT2D eigenvalue weighted by atomic mass is 10.1. The topological polar surface area (TPSA) is 118 Å². The largest absolute Gasteiger partial charge is 0.379 e. The number of anilines is 1. The minimum atomic E-state index is -2.79. The zero-order valence-electron chi connectivity index (χ0n) is 22.4. The number of ether oxygens (including phenoxy) is 1. The summed E-state index contributed by atoms with van der Waals surface area (Å²) in [6, 6.07) is 8.02. The van der Waals surface area contributed by atoms with Gasteiger partial charge < -0.3 is 25.3 Å². The molecule has 1 aromatic heterocycles. The van der Waals surface area contributed by atoms with E-state index in [1.54, 1.807) is 0 Å². The van der Waals surface area contributed by atoms with Gasteiger partial charge in [-0.3, -0.25) is 19.3 Å². The van der Waals surface area contributed by atoms with E-state index in [2.05, 4.69) is 20.9 Å². The van der Waals surface area contributed by atoms with Crippen LogP contribution in [-0.4, -0.2) is 78.0 Å². The number of nitrogens with zero attached hydrogens (tertiary/aromatic N) is 3. The monoisotopic (exact) mass is 644 g/mol. The van der Waals surface area contributed by atoms with Gasteiger partial charge in [0.15, 0.2) is 5.82 Å². The first kappa shape index (κ1) is 32.2. The molecule has 3 amide bonds. The molecule has 0 saturated carbocycles. The van der Waals surface area contributed by atoms with Gasteiger partial charge in [-0.15, -0.1) is 0 Å². The third kappa shape index (κ3) is 8.66. The molecule has 1 saturated heterocycles. The summed E-state index contributed by atoms with van der Waals surface area (Å²) < 4.78 is 57.8. The highest BCUT2D eigenvalue weighted by atomic mass is 35.5. The number of halogens is 6. The van der Waals surface area contributed by atoms with E-state index in [0.717, 1.165) is 12.1 Å². The van der Waals surface area contributed by atoms with Gasteiger partial charge in [0.05, 0.1) is 32.0 Å². The number of hydrogen-bond acceptors (Lipinski definition) is 6. The van der Waals surface area contributed by atoms with Crippen molar-refractivity contribution in [3.05, 3.63) is 81.2 Å². The summed E-state index contributed by atoms with van der Waals surface area (Å²) in [4.78, 5) is 44.4. The number of benzene rings is 2. The van der Waals surface area contributed by atoms with Crippen molar-refractivity contribution in [2.45, 2.75) is 19.0 Å². The molecule has 2 aliphatic heterocycles. The van der Waals surface area contributed by atoms with Crippen LogP contribution in [0.2, 0.25) is 10.0 Å². The first-order valence-corrected chi connectivity index (χ1v) is 13.7. The summed E-state index contributed by atoms with van der Waals surface area (Å²) in [6.07, 6.45) is -2.79. The third-order valence-electron chi connectivity index (χ3n) is 6.37. The molecule has 3 heterocycles. The number of morpholine rings is 1. The fraction of sp³-hybridized carbons (Fsp3) is 0.333. The van der Waals surface area contributed by atoms with Crippen LogP contribution in [0.3, 0.4) is 0 Å². The number of fused-ring (bicyclic) bond motifs is 1. The van der Waals surface area contributed by atoms with Gasteiger partial charge in [-0.25, -0.2) is 22.5 Å². The Hall–Kier alpha value is -3.72. The number of carbonyl (C=O) groups excluding carboxylic acids is 3. The van der Waals surface area contributed by atoms with Gasteiger partial charge >= 0.3 is 0 Å². The number of rotatable bonds is 7. The van der Waals surface area contributed by atoms with Crippen molar-refractivity contribution in [3.8, 4) is 0 Å². The minimum Gasteiger partial charge on any atom is -0.379 e. The maximum Gasteiger partial charge on any atom is 0.287 e. The van der Waals surface area contributed by atoms with E-state index in [-0.39, 0.29) is 47.0 Å². The third-order valence-corrected chi connectivity index (χ3v) is 6.84. The van der Waals surface area contributed by atoms with Crippen LogP contribution >= 0.6 is 23.2 Å². The van der Waals surface area contributed by atoms with Crippen LogP contribution in [0.1, 0.15) is 32.7 Å². The zero-order valence-corrected chi connectivity index (χ0v) is 23.9. The van der Waals surface area contributed by atoms with Gasteiger partial charge in [0.1, 0.15) is 17.7 Å². The lowest BCUT2D eigenvalue weighted by molar-refractivity contribution is -0.126. The molecule has 16 heteroatoms. The quantitative estimate of drug-likeness (QED) is 0.336. The zero-order chi connectivity index (χ0) is 31.1. The van der Waals surface area contributed by atoms with E-state index >= 15 is 0 Å². The van der Waals surface area contributed by atoms with Gasteiger partial charge in [-0.2, -0.15) is 0 Å². The number of nitrogens with one attached hydrogen (secondary N) is 3. The molecule has 2 aromatic carbocycles. The SMILES string of the molecule is Fc1ccc(Cl)cc1.O=C(Nc1nc(C(=O)NCC(F)F)n2c1CNC(=O)C2CN1CCOCC1)c1cc(F)cc(Cl)c1. The summed E-state index contributed by atoms with van der Waals surface area (Å²) in [7, 11) is 0. The molecule has 1 atom stereocenters. The fourth-order valence-electron chi connectivity index (χ4n) is 4.37. The van der Waals surface area contributed by atoms with E-state index in [4.69, 9.17) is 27.9 Å². The Morgan fingerprint density at radius 3 is 2.35 bits per heavy atom. The first-order chi connectivity index (χ1) is 20.5. The lowest BCUT2D eigenvalue weighted by Crippen LogP contribution is -2.48. The average Bonchev–Trinajstić information content (AvgIpc) is 3.33. The Bertz CT molecular complexity index is 1430. The molecular formula is C27H26Cl2F4N6O4. The van der Waals surface area contributed by atoms with Gasteiger partial charge in [0, 0.05) is 35.2 Å². The van der Waals surface area contributed by atoms with Gasteiger partial charge in [-0.05, 0) is 42.5 Å². The maximum absolute atomic E-state index is 13.7. The second-order valence-electron chi connectivity index (χ2n) is 9.40. The first-order valence-electron chi connectivity index (χ1n) is 13.0. The van der Waals surface area contributed by atoms with Crippen LogP contribution in [0.15, 0.2) is 42.5 Å². The highest BCUT2D eigenvalue weighted by Crippen LogP contribution is 2.28. The van der Waals surface area contributed by atoms with Crippen molar-refractivity contribution in [2.75, 3.05) is 44.7 Å². The van der Waals surface area contributed by atoms with Gasteiger partial charge in [0.25, 0.3) is 18.2 Å². The highest BCUT2D eigenvalue weighted by Gasteiger charge is 2.36. The van der Waals surface area contributed by atoms with Crippen LogP contribution in [0.4, 0.5) is 23.4 Å². The molecule has 43 heavy (non-hydrogen) atoms. The Morgan fingerprint density at radius 2 is 1.72 bits per heavy atom. The van der Waals surface area contributed by atoms with E-state index in [9.17, 15) is 31.9 Å². The summed E-state index contributed by atoms with van der Waals surface area (Å²) in [5.41, 5.74) is 0.200. The van der Waals surface area contributed by atoms with Crippen molar-refractivity contribution in [1.29, 1.82) is 0 Å². The molecule has 0 bridgehead atoms. The molecule has 0 aliphatic carbocycles. The smallest absolute Gasteiger partial charge is 0.287 e. The number of alkyl halides is 2. The van der Waals surface area contributed by atoms with Crippen LogP contribution in [0.5, 0.6) is 0 Å². The van der Waals surface area contributed by atoms with Gasteiger partial charge in [0.2, 0.25) is 11.7 Å². The molecule has 1 fully saturated rings. The number of amides is 3. The van der Waals surface area contributed by atoms with Crippen molar-refractivity contribution in [3.63, 3.8) is 0 Å². The highest BCUT2D eigenvalue weighted by molar-refractivity contribution is 6.31. The normalized spacial score (nSPS) is 16.5. The molecule has 3 N–H and O–H groups in total. The van der Waals surface area contributed by atoms with E-state index < -0.39 is 36.6 Å². The van der Waals surface area contributed by atoms with Gasteiger partial charge in [-0.1, -0.05) is 23.2 Å². The molecule has 3 aromatic rings. The van der Waals surface area contributed by atoms with E-state index in [1.807, 2.05) is 4.90 Å². The molecule has 2 aliphatic rings. The predicted molar refractivity (Wildman–Crippen MR) is 149 cm³/mol. The number of imidazole rings is 1. The maximum atomic E-state index is 13.7. The Labute approximate surface area is 253 Å². The van der Waals surface area contributed by atoms with Crippen molar-refractivity contribution in [1.82, 2.24) is 25.1 Å². The molecular weight excluding hydrogens is 619 g/mol. The van der Waals surface area contributed by atoms with E-state index in [1.165, 1.54) is 34.9 Å². The Balaban J connectivity index is 0.000000458. The molecule has 1 unspecified atom stereocenters. The summed E-state index contributed by atoms with van der Waals surface area (Å²) in [6.45, 7) is 1.29. The number of hydrogen-bond donors (Lipinski definition) is 3. The summed E-state index contributed by atoms with van der Waals surface area (Å²) in [5.74, 6) is -3.42. The molecule has 0 spiro atoms. The summed E-state index contributed by atoms with van der Waals surface area (Å²) in [5, 5.41) is 7.87.